The lowest BCUT2D eigenvalue weighted by molar-refractivity contribution is 0.424. The van der Waals surface area contributed by atoms with Gasteiger partial charge in [0.25, 0.3) is 0 Å². The Bertz CT molecular complexity index is 8580. The fraction of sp³-hybridized carbons (Fsp3) is 0. The Morgan fingerprint density at radius 3 is 1.09 bits per heavy atom. The summed E-state index contributed by atoms with van der Waals surface area (Å²) < 4.78 is 49.3. The summed E-state index contributed by atoms with van der Waals surface area (Å²) >= 11 is 0. The van der Waals surface area contributed by atoms with Gasteiger partial charge in [0, 0.05) is 65.5 Å². The van der Waals surface area contributed by atoms with E-state index in [0.29, 0.717) is 27.4 Å². The predicted octanol–water partition coefficient (Wildman–Crippen LogP) is 20.1. The summed E-state index contributed by atoms with van der Waals surface area (Å²) in [5, 5.41) is 101. The Labute approximate surface area is 720 Å². The molecule has 20 aromatic carbocycles. The molecule has 0 aliphatic rings. The Morgan fingerprint density at radius 1 is 0.177 bits per heavy atom. The summed E-state index contributed by atoms with van der Waals surface area (Å²) in [4.78, 5) is 0. The molecule has 0 amide bonds. The molecule has 0 bridgehead atoms. The molecular formula is C108H76B4N4O8. The fourth-order valence-corrected chi connectivity index (χ4v) is 18.3. The molecule has 124 heavy (non-hydrogen) atoms. The number of benzene rings is 20. The molecule has 0 aliphatic carbocycles. The number of aromatic nitrogens is 4. The molecule has 0 radical (unpaired) electrons. The third-order valence-electron chi connectivity index (χ3n) is 24.0. The minimum Gasteiger partial charge on any atom is -0.423 e. The second-order valence-electron chi connectivity index (χ2n) is 31.2. The molecule has 0 fully saturated rings. The van der Waals surface area contributed by atoms with Crippen LogP contribution < -0.4 is 21.9 Å². The lowest BCUT2D eigenvalue weighted by atomic mass is 9.80. The molecule has 0 spiro atoms. The van der Waals surface area contributed by atoms with Crippen molar-refractivity contribution in [3.63, 3.8) is 0 Å². The lowest BCUT2D eigenvalue weighted by Gasteiger charge is -2.14. The van der Waals surface area contributed by atoms with Gasteiger partial charge in [-0.2, -0.15) is 0 Å². The molecule has 0 aliphatic heterocycles. The molecule has 588 valence electrons. The quantitative estimate of drug-likeness (QED) is 0.0492. The van der Waals surface area contributed by atoms with Gasteiger partial charge in [-0.3, -0.25) is 0 Å². The number of para-hydroxylation sites is 4. The van der Waals surface area contributed by atoms with Gasteiger partial charge in [0.2, 0.25) is 0 Å². The zero-order chi connectivity index (χ0) is 88.1. The highest BCUT2D eigenvalue weighted by Crippen LogP contribution is 2.43. The van der Waals surface area contributed by atoms with Gasteiger partial charge in [-0.1, -0.05) is 309 Å². The van der Waals surface area contributed by atoms with Crippen LogP contribution in [0.2, 0.25) is 0 Å². The van der Waals surface area contributed by atoms with E-state index in [1.807, 2.05) is 126 Å². The third-order valence-corrected chi connectivity index (χ3v) is 24.0. The van der Waals surface area contributed by atoms with Gasteiger partial charge in [0.05, 0.1) is 56.7 Å². The Kier molecular flexibility index (Phi) is 18.2. The molecule has 0 saturated carbocycles. The van der Waals surface area contributed by atoms with E-state index >= 15 is 0 Å². The zero-order valence-corrected chi connectivity index (χ0v) is 66.5. The van der Waals surface area contributed by atoms with Gasteiger partial charge in [-0.25, -0.2) is 0 Å². The first-order valence-corrected chi connectivity index (χ1v) is 41.0. The van der Waals surface area contributed by atoms with Crippen molar-refractivity contribution in [3.05, 3.63) is 412 Å². The maximum Gasteiger partial charge on any atom is 0.488 e. The van der Waals surface area contributed by atoms with Crippen molar-refractivity contribution in [1.29, 1.82) is 0 Å². The highest BCUT2D eigenvalue weighted by atomic mass is 16.4. The Morgan fingerprint density at radius 2 is 0.524 bits per heavy atom. The van der Waals surface area contributed by atoms with Crippen LogP contribution in [-0.2, 0) is 0 Å². The standard InChI is InChI=1S/C30H20BNO2.C28H20BNO2.C26H18BNO2.C24H18BNO2/c33-31(34)19-13-15-27-26-11-5-6-12-29(26)32(30(27)17-19)20-14-16-25-23-9-2-1-7-21(23)22-8-3-4-10-24(22)28(25)18-20;31-29(32)23-13-15-26-25-8-4-5-9-27(25)30(28(26)18-23)24-14-12-21-16-20(10-11-22(21)17-24)19-6-2-1-3-7-19;29-27(30)18-13-14-25-23(16-18)22-11-5-6-12-24(22)28(25)26-15-17-7-1-2-8-19(17)20-9-3-4-10-21(20)26;27-25(28)19-12-14-24-22(16-19)21-15-18(17-7-3-1-4-8-17)11-13-23(21)26(24)20-9-5-2-6-10-20/h1-18,33-34H;1-18,31-32H;1-16,29-30H;1-16,27-28H/i;;;1D,3D,4D,7D,8D. The van der Waals surface area contributed by atoms with Crippen LogP contribution in [-0.4, -0.2) is 86.9 Å². The van der Waals surface area contributed by atoms with Crippen molar-refractivity contribution in [2.24, 2.45) is 0 Å². The lowest BCUT2D eigenvalue weighted by Crippen LogP contribution is -2.29. The maximum absolute atomic E-state index is 9.83. The number of hydrogen-bond acceptors (Lipinski definition) is 8. The van der Waals surface area contributed by atoms with Gasteiger partial charge >= 0.3 is 28.5 Å². The van der Waals surface area contributed by atoms with Crippen molar-refractivity contribution in [2.45, 2.75) is 0 Å². The monoisotopic (exact) mass is 1610 g/mol. The molecule has 0 atom stereocenters. The summed E-state index contributed by atoms with van der Waals surface area (Å²) in [7, 11) is -6.13. The zero-order valence-electron chi connectivity index (χ0n) is 71.5. The van der Waals surface area contributed by atoms with Crippen LogP contribution in [0, 0.1) is 0 Å². The highest BCUT2D eigenvalue weighted by Gasteiger charge is 2.24. The second-order valence-corrected chi connectivity index (χ2v) is 31.2. The van der Waals surface area contributed by atoms with E-state index in [-0.39, 0.29) is 29.7 Å². The number of hydrogen-bond donors (Lipinski definition) is 8. The summed E-state index contributed by atoms with van der Waals surface area (Å²) in [6.45, 7) is 0. The fourth-order valence-electron chi connectivity index (χ4n) is 18.3. The van der Waals surface area contributed by atoms with Crippen molar-refractivity contribution in [2.75, 3.05) is 0 Å². The molecule has 4 aromatic heterocycles. The molecule has 12 nitrogen and oxygen atoms in total. The minimum absolute atomic E-state index is 0.127. The van der Waals surface area contributed by atoms with Gasteiger partial charge in [0.1, 0.15) is 0 Å². The van der Waals surface area contributed by atoms with E-state index < -0.39 is 34.5 Å². The van der Waals surface area contributed by atoms with E-state index in [1.54, 1.807) is 42.5 Å². The van der Waals surface area contributed by atoms with Crippen molar-refractivity contribution in [1.82, 2.24) is 18.3 Å². The molecule has 0 saturated heterocycles. The molecule has 16 heteroatoms. The largest absolute Gasteiger partial charge is 0.488 e. The van der Waals surface area contributed by atoms with Gasteiger partial charge in [-0.05, 0) is 206 Å². The van der Waals surface area contributed by atoms with Crippen molar-refractivity contribution in [3.8, 4) is 45.0 Å². The van der Waals surface area contributed by atoms with Crippen LogP contribution in [0.5, 0.6) is 0 Å². The average molecular weight is 1610 g/mol. The third kappa shape index (κ3) is 13.6. The van der Waals surface area contributed by atoms with E-state index in [4.69, 9.17) is 6.85 Å². The van der Waals surface area contributed by atoms with Crippen LogP contribution >= 0.6 is 0 Å². The molecule has 24 rings (SSSR count). The summed E-state index contributed by atoms with van der Waals surface area (Å²) in [5.41, 5.74) is 16.9. The smallest absolute Gasteiger partial charge is 0.423 e. The first kappa shape index (κ1) is 70.9. The Hall–Kier alpha value is -14.9. The summed E-state index contributed by atoms with van der Waals surface area (Å²) in [6.07, 6.45) is 0. The number of rotatable bonds is 10. The molecular weight excluding hydrogens is 1520 g/mol. The van der Waals surface area contributed by atoms with E-state index in [1.165, 1.54) is 70.4 Å². The van der Waals surface area contributed by atoms with Gasteiger partial charge in [-0.15, -0.1) is 0 Å². The topological polar surface area (TPSA) is 182 Å². The molecule has 4 heterocycles. The van der Waals surface area contributed by atoms with Crippen LogP contribution in [0.15, 0.2) is 412 Å². The Balaban J connectivity index is 0.000000104. The summed E-state index contributed by atoms with van der Waals surface area (Å²) in [5.74, 6) is 0. The normalized spacial score (nSPS) is 12.1. The first-order valence-electron chi connectivity index (χ1n) is 43.5. The van der Waals surface area contributed by atoms with Crippen LogP contribution in [0.3, 0.4) is 0 Å². The maximum atomic E-state index is 9.83. The molecule has 8 N–H and O–H groups in total. The van der Waals surface area contributed by atoms with E-state index in [9.17, 15) is 40.2 Å². The summed E-state index contributed by atoms with van der Waals surface area (Å²) in [6, 6.07) is 127. The van der Waals surface area contributed by atoms with Crippen LogP contribution in [0.25, 0.3) is 197 Å². The molecule has 0 unspecified atom stereocenters. The van der Waals surface area contributed by atoms with Crippen molar-refractivity contribution < 1.29 is 47.0 Å². The molecule has 24 aromatic rings. The highest BCUT2D eigenvalue weighted by molar-refractivity contribution is 6.60. The number of fused-ring (bicyclic) bond motifs is 22. The average Bonchev–Trinajstić information content (AvgIpc) is 1.72. The van der Waals surface area contributed by atoms with Gasteiger partial charge < -0.3 is 58.5 Å². The predicted molar refractivity (Wildman–Crippen MR) is 518 cm³/mol. The van der Waals surface area contributed by atoms with Crippen molar-refractivity contribution >= 4 is 202 Å². The second kappa shape index (κ2) is 31.9. The minimum atomic E-state index is -1.63. The van der Waals surface area contributed by atoms with Crippen LogP contribution in [0.1, 0.15) is 6.85 Å². The van der Waals surface area contributed by atoms with E-state index in [0.717, 1.165) is 115 Å². The van der Waals surface area contributed by atoms with Crippen LogP contribution in [0.4, 0.5) is 0 Å². The first-order chi connectivity index (χ1) is 62.9. The SMILES string of the molecule is OB(O)c1ccc2c(c1)c1ccccc1n2-c1cc2ccccc2c2ccccc12.OB(O)c1ccc2c3ccccc3n(-c3ccc4c5ccccc5c5ccccc5c4c3)c2c1.OB(O)c1ccc2c3ccccc3n(-c3ccc4cc(-c5ccccc5)ccc4c3)c2c1.[2H]c1c([2H])c([2H])c(-c2ccc3c(c2)c2cc(B(O)O)ccc2n3-c2ccccc2)c([2H])c1[2H]. The van der Waals surface area contributed by atoms with E-state index in [2.05, 4.69) is 232 Å². The number of nitrogens with zero attached hydrogens (tertiary/aromatic N) is 4. The van der Waals surface area contributed by atoms with Gasteiger partial charge in [0.15, 0.2) is 0 Å².